The van der Waals surface area contributed by atoms with E-state index in [0.29, 0.717) is 18.8 Å². The zero-order chi connectivity index (χ0) is 23.3. The van der Waals surface area contributed by atoms with Crippen molar-refractivity contribution in [3.8, 4) is 0 Å². The Labute approximate surface area is 191 Å². The SMILES string of the molecule is C=CCCC(=N)N(C(=NCC)C(C)=C(C=CC)C(C)(CC)CCCC)c1ccccc1. The van der Waals surface area contributed by atoms with Crippen LogP contribution in [0.1, 0.15) is 80.1 Å². The summed E-state index contributed by atoms with van der Waals surface area (Å²) in [6.45, 7) is 17.8. The molecule has 0 fully saturated rings. The topological polar surface area (TPSA) is 39.5 Å². The van der Waals surface area contributed by atoms with E-state index in [2.05, 4.69) is 72.4 Å². The number of nitrogens with zero attached hydrogens (tertiary/aromatic N) is 2. The van der Waals surface area contributed by atoms with Crippen molar-refractivity contribution in [2.45, 2.75) is 80.1 Å². The van der Waals surface area contributed by atoms with Gasteiger partial charge < -0.3 is 0 Å². The molecule has 0 spiro atoms. The minimum Gasteiger partial charge on any atom is -0.288 e. The highest BCUT2D eigenvalue weighted by Crippen LogP contribution is 2.40. The molecule has 170 valence electrons. The minimum absolute atomic E-state index is 0.0762. The van der Waals surface area contributed by atoms with E-state index in [0.717, 1.165) is 36.4 Å². The largest absolute Gasteiger partial charge is 0.288 e. The summed E-state index contributed by atoms with van der Waals surface area (Å²) < 4.78 is 0. The number of amidine groups is 2. The van der Waals surface area contributed by atoms with Crippen LogP contribution in [0.3, 0.4) is 0 Å². The van der Waals surface area contributed by atoms with Gasteiger partial charge in [0.2, 0.25) is 0 Å². The van der Waals surface area contributed by atoms with E-state index in [9.17, 15) is 0 Å². The van der Waals surface area contributed by atoms with Crippen molar-refractivity contribution in [3.05, 3.63) is 66.3 Å². The van der Waals surface area contributed by atoms with Crippen LogP contribution >= 0.6 is 0 Å². The third-order valence-corrected chi connectivity index (χ3v) is 5.97. The number of anilines is 1. The fourth-order valence-electron chi connectivity index (χ4n) is 3.98. The molecule has 1 aromatic carbocycles. The Bertz CT molecular complexity index is 786. The van der Waals surface area contributed by atoms with E-state index in [1.165, 1.54) is 18.4 Å². The minimum atomic E-state index is 0.0762. The van der Waals surface area contributed by atoms with Gasteiger partial charge in [0.05, 0.1) is 0 Å². The molecule has 0 aromatic heterocycles. The summed E-state index contributed by atoms with van der Waals surface area (Å²) in [5, 5.41) is 8.90. The zero-order valence-corrected chi connectivity index (χ0v) is 20.7. The molecule has 0 heterocycles. The highest BCUT2D eigenvalue weighted by molar-refractivity contribution is 6.24. The van der Waals surface area contributed by atoms with E-state index in [1.807, 2.05) is 29.2 Å². The average molecular weight is 422 g/mol. The lowest BCUT2D eigenvalue weighted by atomic mass is 9.73. The number of para-hydroxylation sites is 1. The molecule has 0 amide bonds. The summed E-state index contributed by atoms with van der Waals surface area (Å²) >= 11 is 0. The molecule has 0 bridgehead atoms. The molecule has 0 saturated carbocycles. The molecule has 3 heteroatoms. The number of hydrogen-bond acceptors (Lipinski definition) is 2. The highest BCUT2D eigenvalue weighted by atomic mass is 15.2. The van der Waals surface area contributed by atoms with Gasteiger partial charge in [-0.25, -0.2) is 0 Å². The molecular formula is C28H43N3. The van der Waals surface area contributed by atoms with Gasteiger partial charge in [0.1, 0.15) is 11.7 Å². The van der Waals surface area contributed by atoms with Crippen LogP contribution in [0.15, 0.2) is 71.3 Å². The van der Waals surface area contributed by atoms with Gasteiger partial charge >= 0.3 is 0 Å². The smallest absolute Gasteiger partial charge is 0.136 e. The number of nitrogens with one attached hydrogen (secondary N) is 1. The third-order valence-electron chi connectivity index (χ3n) is 5.97. The first kappa shape index (κ1) is 26.6. The van der Waals surface area contributed by atoms with E-state index in [4.69, 9.17) is 10.4 Å². The molecule has 1 N–H and O–H groups in total. The lowest BCUT2D eigenvalue weighted by molar-refractivity contribution is 0.345. The molecule has 0 aliphatic rings. The normalized spacial score (nSPS) is 14.8. The Morgan fingerprint density at radius 2 is 1.87 bits per heavy atom. The first-order chi connectivity index (χ1) is 14.9. The molecule has 0 aliphatic heterocycles. The van der Waals surface area contributed by atoms with Crippen molar-refractivity contribution in [3.63, 3.8) is 0 Å². The maximum atomic E-state index is 8.90. The van der Waals surface area contributed by atoms with Crippen molar-refractivity contribution in [2.24, 2.45) is 10.4 Å². The van der Waals surface area contributed by atoms with Gasteiger partial charge in [-0.1, -0.05) is 70.0 Å². The number of benzene rings is 1. The number of unbranched alkanes of at least 4 members (excludes halogenated alkanes) is 1. The van der Waals surface area contributed by atoms with Crippen molar-refractivity contribution in [1.82, 2.24) is 0 Å². The van der Waals surface area contributed by atoms with Crippen LogP contribution in [0.25, 0.3) is 0 Å². The number of aliphatic imine (C=N–C) groups is 1. The van der Waals surface area contributed by atoms with E-state index < -0.39 is 0 Å². The molecule has 0 radical (unpaired) electrons. The fourth-order valence-corrected chi connectivity index (χ4v) is 3.98. The number of hydrogen-bond donors (Lipinski definition) is 1. The highest BCUT2D eigenvalue weighted by Gasteiger charge is 2.30. The monoisotopic (exact) mass is 421 g/mol. The van der Waals surface area contributed by atoms with Gasteiger partial charge in [0, 0.05) is 18.7 Å². The predicted molar refractivity (Wildman–Crippen MR) is 139 cm³/mol. The molecule has 1 rings (SSSR count). The maximum absolute atomic E-state index is 8.90. The van der Waals surface area contributed by atoms with Gasteiger partial charge in [0.15, 0.2) is 0 Å². The Kier molecular flexibility index (Phi) is 11.8. The molecule has 1 aromatic rings. The molecule has 0 saturated heterocycles. The Balaban J connectivity index is 3.71. The van der Waals surface area contributed by atoms with E-state index in [-0.39, 0.29) is 5.41 Å². The van der Waals surface area contributed by atoms with Crippen LogP contribution < -0.4 is 4.90 Å². The molecule has 0 aliphatic carbocycles. The van der Waals surface area contributed by atoms with E-state index in [1.54, 1.807) is 0 Å². The summed E-state index contributed by atoms with van der Waals surface area (Å²) in [5.74, 6) is 1.43. The van der Waals surface area contributed by atoms with Crippen molar-refractivity contribution in [2.75, 3.05) is 11.4 Å². The number of rotatable bonds is 12. The van der Waals surface area contributed by atoms with Gasteiger partial charge in [0.25, 0.3) is 0 Å². The summed E-state index contributed by atoms with van der Waals surface area (Å²) in [4.78, 5) is 6.97. The molecule has 1 unspecified atom stereocenters. The second-order valence-electron chi connectivity index (χ2n) is 8.30. The standard InChI is InChI=1S/C28H43N3/c1-8-13-21-26(29)31(24-19-16-15-17-20-24)27(30-12-5)23(6)25(18-10-3)28(7,11-4)22-14-9-2/h8,10,15-20,29H,1,9,11-14,21-22H2,2-7H3. The third kappa shape index (κ3) is 7.34. The van der Waals surface area contributed by atoms with Crippen LogP contribution in [0.5, 0.6) is 0 Å². The average Bonchev–Trinajstić information content (AvgIpc) is 2.79. The lowest BCUT2D eigenvalue weighted by Crippen LogP contribution is -2.38. The summed E-state index contributed by atoms with van der Waals surface area (Å²) in [7, 11) is 0. The predicted octanol–water partition coefficient (Wildman–Crippen LogP) is 8.35. The maximum Gasteiger partial charge on any atom is 0.136 e. The molecule has 3 nitrogen and oxygen atoms in total. The second kappa shape index (κ2) is 13.8. The van der Waals surface area contributed by atoms with Gasteiger partial charge in [-0.3, -0.25) is 15.3 Å². The summed E-state index contributed by atoms with van der Waals surface area (Å²) in [6, 6.07) is 10.2. The van der Waals surface area contributed by atoms with Crippen LogP contribution in [0, 0.1) is 10.8 Å². The van der Waals surface area contributed by atoms with Gasteiger partial charge in [-0.05, 0) is 68.7 Å². The Morgan fingerprint density at radius 1 is 1.19 bits per heavy atom. The van der Waals surface area contributed by atoms with Crippen LogP contribution in [0.2, 0.25) is 0 Å². The first-order valence-electron chi connectivity index (χ1n) is 11.8. The zero-order valence-electron chi connectivity index (χ0n) is 20.7. The van der Waals surface area contributed by atoms with Crippen LogP contribution in [-0.2, 0) is 0 Å². The molecular weight excluding hydrogens is 378 g/mol. The summed E-state index contributed by atoms with van der Waals surface area (Å²) in [5.41, 5.74) is 3.55. The second-order valence-corrected chi connectivity index (χ2v) is 8.30. The van der Waals surface area contributed by atoms with Crippen molar-refractivity contribution < 1.29 is 0 Å². The van der Waals surface area contributed by atoms with Gasteiger partial charge in [-0.2, -0.15) is 0 Å². The van der Waals surface area contributed by atoms with Crippen LogP contribution in [-0.4, -0.2) is 18.2 Å². The number of allylic oxidation sites excluding steroid dienone is 4. The molecule has 1 atom stereocenters. The first-order valence-corrected chi connectivity index (χ1v) is 11.8. The van der Waals surface area contributed by atoms with E-state index >= 15 is 0 Å². The Morgan fingerprint density at radius 3 is 2.39 bits per heavy atom. The lowest BCUT2D eigenvalue weighted by Gasteiger charge is -2.34. The van der Waals surface area contributed by atoms with Gasteiger partial charge in [-0.15, -0.1) is 6.58 Å². The molecule has 31 heavy (non-hydrogen) atoms. The summed E-state index contributed by atoms with van der Waals surface area (Å²) in [6.07, 6.45) is 12.3. The Hall–Kier alpha value is -2.42. The van der Waals surface area contributed by atoms with Crippen molar-refractivity contribution in [1.29, 1.82) is 5.41 Å². The quantitative estimate of drug-likeness (QED) is 0.157. The van der Waals surface area contributed by atoms with Crippen molar-refractivity contribution >= 4 is 17.4 Å². The fraction of sp³-hybridized carbons (Fsp3) is 0.500. The van der Waals surface area contributed by atoms with Crippen LogP contribution in [0.4, 0.5) is 5.69 Å².